The number of aliphatic carboxylic acids is 1. The number of carboxylic acids is 1. The van der Waals surface area contributed by atoms with E-state index in [1.165, 1.54) is 0 Å². The highest BCUT2D eigenvalue weighted by molar-refractivity contribution is 7.99. The molecule has 14 atom stereocenters. The lowest BCUT2D eigenvalue weighted by Gasteiger charge is -2.38. The molecule has 2 saturated carbocycles. The van der Waals surface area contributed by atoms with Gasteiger partial charge in [-0.15, -0.1) is 0 Å². The zero-order valence-electron chi connectivity index (χ0n) is 72.8. The van der Waals surface area contributed by atoms with Crippen LogP contribution >= 0.6 is 11.8 Å². The number of H-pyrrole nitrogens is 1. The number of carboxylic acid groups (broad SMARTS) is 1. The fourth-order valence-corrected chi connectivity index (χ4v) is 17.6. The van der Waals surface area contributed by atoms with Gasteiger partial charge in [0.2, 0.25) is 94.5 Å². The van der Waals surface area contributed by atoms with E-state index in [0.717, 1.165) is 69.0 Å². The molecule has 131 heavy (non-hydrogen) atoms. The molecule has 3 heterocycles. The maximum absolute atomic E-state index is 15.9. The molecule has 0 bridgehead atoms. The Morgan fingerprint density at radius 2 is 1.13 bits per heavy atom. The van der Waals surface area contributed by atoms with Gasteiger partial charge < -0.3 is 128 Å². The van der Waals surface area contributed by atoms with E-state index in [2.05, 4.69) is 74.1 Å². The van der Waals surface area contributed by atoms with Crippen LogP contribution in [-0.4, -0.2) is 244 Å². The molecule has 0 spiro atoms. The van der Waals surface area contributed by atoms with Crippen molar-refractivity contribution in [1.29, 1.82) is 0 Å². The van der Waals surface area contributed by atoms with Crippen LogP contribution in [-0.2, 0) is 106 Å². The molecule has 5 aromatic rings. The number of hydrogen-bond donors (Lipinski definition) is 22. The lowest BCUT2D eigenvalue weighted by molar-refractivity contribution is -0.142. The highest BCUT2D eigenvalue weighted by Crippen LogP contribution is 2.39. The van der Waals surface area contributed by atoms with Crippen molar-refractivity contribution in [3.63, 3.8) is 0 Å². The first-order chi connectivity index (χ1) is 62.5. The van der Waals surface area contributed by atoms with E-state index in [1.54, 1.807) is 91.1 Å². The van der Waals surface area contributed by atoms with Crippen molar-refractivity contribution in [2.24, 2.45) is 46.2 Å². The summed E-state index contributed by atoms with van der Waals surface area (Å²) in [5, 5.41) is 57.1. The molecule has 2 saturated heterocycles. The van der Waals surface area contributed by atoms with Crippen LogP contribution in [0.5, 0.6) is 5.75 Å². The Labute approximate surface area is 758 Å². The fraction of sp³-hybridized carbons (Fsp3) is 0.523. The summed E-state index contributed by atoms with van der Waals surface area (Å²) in [7, 11) is 0. The number of rotatable bonds is 39. The molecular formula is C88H120N20O22S. The molecule has 710 valence electrons. The number of ether oxygens (including phenoxy) is 2. The Morgan fingerprint density at radius 3 is 1.79 bits per heavy atom. The SMILES string of the molecule is CC(O)C1NC(=O)C(CCC(N)=O)NC(=O)C(NC(=O)NC2CCCC(C3CCCC3)CC2)CCSCC(C(=O)NC(Cc2ccc(OCCN)cc2)C(=O)NC(Cc2ccc3ccccc3c2)C(=O)NC2(C(=O)NC(CCC(=O)O)C(=O)NC(CC(N)=O)C(=O)NC(CC(N)=O)C(N)=O)CCOCC2)NC(=O)C(CCC(N)=O)NC(=O)C(Cc2c[nH]c3ccccc23)NC1=O. The summed E-state index contributed by atoms with van der Waals surface area (Å²) in [6.07, 6.45) is 0.853. The number of aromatic amines is 1. The van der Waals surface area contributed by atoms with Gasteiger partial charge in [-0.1, -0.05) is 111 Å². The molecule has 28 N–H and O–H groups in total. The summed E-state index contributed by atoms with van der Waals surface area (Å²) in [4.78, 5) is 257. The second-order valence-corrected chi connectivity index (χ2v) is 34.7. The second-order valence-electron chi connectivity index (χ2n) is 33.6. The lowest BCUT2D eigenvalue weighted by atomic mass is 9.85. The summed E-state index contributed by atoms with van der Waals surface area (Å²) < 4.78 is 11.4. The smallest absolute Gasteiger partial charge is 0.315 e. The predicted octanol–water partition coefficient (Wildman–Crippen LogP) is -2.84. The van der Waals surface area contributed by atoms with Gasteiger partial charge in [-0.25, -0.2) is 4.79 Å². The average Bonchev–Trinajstić information content (AvgIpc) is 1.61. The normalized spacial score (nSPS) is 21.6. The Kier molecular flexibility index (Phi) is 38.6. The molecule has 1 aromatic heterocycles. The minimum atomic E-state index is -2.09. The topological polar surface area (TPSA) is 694 Å². The monoisotopic (exact) mass is 1840 g/mol. The standard InChI is InChI=1S/C88H120N20O22S/c1-47(109)74-85(126)103-66(42-54-45-95-58-16-7-6-15-57(54)58)81(122)98-59(25-28-69(90)110)76(117)104-68(46-131-38-31-62(78(119)97-60(79(120)107-74)26-29-70(91)111)106-87(128)96-55-14-8-13-51(21-22-55)50-9-2-3-10-50)83(124)100-64(40-48-18-23-56(24-19-48)130-37-34-89)80(121)101-65(41-49-17-20-52-11-4-5-12-53(52)39-49)84(125)108-88(32-35-129-36-33-88)86(127)105-61(27-30-73(114)115)77(118)102-67(44-72(93)113)82(123)99-63(75(94)116)43-71(92)112/h4-7,11-12,15-20,23-24,39,45,47,50-51,55,59-68,74,95,109H,2-3,8-10,13-14,21-22,25-38,40-44,46,89H2,1H3,(H2,90,110)(H2,91,111)(H2,92,112)(H2,93,113)(H2,94,116)(H,97,119)(H,98,122)(H,99,123)(H,100,124)(H,101,121)(H,102,118)(H,103,126)(H,104,117)(H,105,127)(H,107,120)(H,108,125)(H,114,115)(H2,96,106,128). The zero-order chi connectivity index (χ0) is 95.0. The zero-order valence-corrected chi connectivity index (χ0v) is 73.7. The minimum Gasteiger partial charge on any atom is -0.492 e. The summed E-state index contributed by atoms with van der Waals surface area (Å²) in [6, 6.07) is 4.79. The maximum Gasteiger partial charge on any atom is 0.315 e. The van der Waals surface area contributed by atoms with Crippen LogP contribution in [0, 0.1) is 11.8 Å². The van der Waals surface area contributed by atoms with Crippen LogP contribution in [0.3, 0.4) is 0 Å². The number of aliphatic hydroxyl groups excluding tert-OH is 1. The number of para-hydroxylation sites is 1. The molecular weight excluding hydrogens is 1720 g/mol. The Bertz CT molecular complexity index is 4930. The molecule has 42 nitrogen and oxygen atoms in total. The number of nitrogens with one attached hydrogen (secondary N) is 14. The number of urea groups is 1. The Hall–Kier alpha value is -13.0. The van der Waals surface area contributed by atoms with Gasteiger partial charge in [-0.05, 0) is 115 Å². The van der Waals surface area contributed by atoms with Gasteiger partial charge in [-0.2, -0.15) is 11.8 Å². The molecule has 4 aromatic carbocycles. The number of aromatic nitrogens is 1. The van der Waals surface area contributed by atoms with E-state index >= 15 is 33.6 Å². The quantitative estimate of drug-likeness (QED) is 0.0176. The molecule has 43 heteroatoms. The van der Waals surface area contributed by atoms with Gasteiger partial charge in [0.15, 0.2) is 0 Å². The minimum absolute atomic E-state index is 0.0998. The highest BCUT2D eigenvalue weighted by atomic mass is 32.2. The number of carbonyl (C=O) groups is 18. The van der Waals surface area contributed by atoms with Crippen LogP contribution in [0.4, 0.5) is 4.79 Å². The predicted molar refractivity (Wildman–Crippen MR) is 477 cm³/mol. The van der Waals surface area contributed by atoms with Crippen molar-refractivity contribution in [2.45, 2.75) is 239 Å². The number of primary amides is 5. The van der Waals surface area contributed by atoms with Crippen molar-refractivity contribution in [3.05, 3.63) is 114 Å². The van der Waals surface area contributed by atoms with Gasteiger partial charge in [0.25, 0.3) is 0 Å². The molecule has 14 unspecified atom stereocenters. The first-order valence-corrected chi connectivity index (χ1v) is 45.1. The third-order valence-electron chi connectivity index (χ3n) is 23.7. The van der Waals surface area contributed by atoms with Crippen molar-refractivity contribution in [2.75, 3.05) is 37.9 Å². The fourth-order valence-electron chi connectivity index (χ4n) is 16.6. The van der Waals surface area contributed by atoms with E-state index < -0.39 is 248 Å². The number of aliphatic hydroxyl groups is 1. The van der Waals surface area contributed by atoms with Crippen molar-refractivity contribution >= 4 is 140 Å². The first kappa shape index (κ1) is 102. The van der Waals surface area contributed by atoms with Crippen LogP contribution in [0.25, 0.3) is 21.7 Å². The molecule has 2 aliphatic heterocycles. The van der Waals surface area contributed by atoms with Crippen LogP contribution in [0.15, 0.2) is 97.2 Å². The third kappa shape index (κ3) is 31.4. The van der Waals surface area contributed by atoms with Gasteiger partial charge in [0, 0.05) is 100 Å². The number of thioether (sulfide) groups is 1. The summed E-state index contributed by atoms with van der Waals surface area (Å²) in [6.45, 7) is 0.932. The van der Waals surface area contributed by atoms with Gasteiger partial charge >= 0.3 is 12.0 Å². The number of hydrogen-bond acceptors (Lipinski definition) is 23. The number of carbonyl (C=O) groups excluding carboxylic acids is 17. The first-order valence-electron chi connectivity index (χ1n) is 43.9. The number of benzene rings is 4. The largest absolute Gasteiger partial charge is 0.492 e. The van der Waals surface area contributed by atoms with Crippen LogP contribution in [0.2, 0.25) is 0 Å². The molecule has 4 fully saturated rings. The highest BCUT2D eigenvalue weighted by Gasteiger charge is 2.46. The number of nitrogens with two attached hydrogens (primary N) is 6. The van der Waals surface area contributed by atoms with Gasteiger partial charge in [-0.3, -0.25) is 81.5 Å². The van der Waals surface area contributed by atoms with Crippen molar-refractivity contribution < 1.29 is 106 Å². The molecule has 18 amide bonds. The van der Waals surface area contributed by atoms with E-state index in [0.29, 0.717) is 63.4 Å². The Balaban J connectivity index is 1.09. The van der Waals surface area contributed by atoms with E-state index in [4.69, 9.17) is 43.9 Å². The maximum atomic E-state index is 15.9. The van der Waals surface area contributed by atoms with Crippen molar-refractivity contribution in [3.8, 4) is 5.75 Å². The van der Waals surface area contributed by atoms with E-state index in [-0.39, 0.29) is 70.3 Å². The summed E-state index contributed by atoms with van der Waals surface area (Å²) in [5.41, 5.74) is 32.9. The summed E-state index contributed by atoms with van der Waals surface area (Å²) >= 11 is 0.935. The molecule has 0 radical (unpaired) electrons. The van der Waals surface area contributed by atoms with Crippen molar-refractivity contribution in [1.82, 2.24) is 74.1 Å². The van der Waals surface area contributed by atoms with Gasteiger partial charge in [0.05, 0.1) is 18.9 Å². The van der Waals surface area contributed by atoms with Crippen LogP contribution in [0.1, 0.15) is 152 Å². The second kappa shape index (κ2) is 49.7. The number of amides is 18. The lowest BCUT2D eigenvalue weighted by Crippen LogP contribution is -2.67. The molecule has 4 aliphatic rings. The van der Waals surface area contributed by atoms with E-state index in [9.17, 15) is 63.0 Å². The average molecular weight is 1840 g/mol. The van der Waals surface area contributed by atoms with Crippen LogP contribution < -0.4 is 108 Å². The third-order valence-corrected chi connectivity index (χ3v) is 24.8. The summed E-state index contributed by atoms with van der Waals surface area (Å²) in [5.74, 6) is -18.5. The van der Waals surface area contributed by atoms with Gasteiger partial charge in [0.1, 0.15) is 84.4 Å². The Morgan fingerprint density at radius 1 is 0.557 bits per heavy atom. The molecule has 2 aliphatic carbocycles. The molecule has 9 rings (SSSR count). The number of fused-ring (bicyclic) bond motifs is 2. The van der Waals surface area contributed by atoms with E-state index in [1.807, 2.05) is 6.07 Å².